The van der Waals surface area contributed by atoms with Crippen molar-refractivity contribution in [1.29, 1.82) is 0 Å². The highest BCUT2D eigenvalue weighted by Crippen LogP contribution is 2.21. The quantitative estimate of drug-likeness (QED) is 0.814. The molecule has 0 aliphatic carbocycles. The molecule has 0 saturated carbocycles. The molecular weight excluding hydrogens is 282 g/mol. The van der Waals surface area contributed by atoms with Crippen LogP contribution in [0, 0.1) is 0 Å². The predicted octanol–water partition coefficient (Wildman–Crippen LogP) is 2.96. The van der Waals surface area contributed by atoms with E-state index in [2.05, 4.69) is 15.5 Å². The second-order valence-electron chi connectivity index (χ2n) is 3.44. The third-order valence-electron chi connectivity index (χ3n) is 2.33. The van der Waals surface area contributed by atoms with Crippen LogP contribution in [0.2, 0.25) is 10.0 Å². The zero-order valence-corrected chi connectivity index (χ0v) is 11.0. The lowest BCUT2D eigenvalue weighted by Gasteiger charge is -2.05. The molecule has 0 atom stereocenters. The number of rotatable bonds is 4. The van der Waals surface area contributed by atoms with E-state index in [4.69, 9.17) is 34.8 Å². The minimum atomic E-state index is 0.293. The van der Waals surface area contributed by atoms with Gasteiger partial charge in [0.2, 0.25) is 0 Å². The highest BCUT2D eigenvalue weighted by molar-refractivity contribution is 6.35. The molecule has 0 aliphatic heterocycles. The molecule has 0 unspecified atom stereocenters. The number of halogens is 3. The molecule has 0 amide bonds. The number of alkyl halides is 1. The van der Waals surface area contributed by atoms with Gasteiger partial charge in [-0.3, -0.25) is 0 Å². The molecule has 0 aliphatic rings. The van der Waals surface area contributed by atoms with E-state index < -0.39 is 0 Å². The summed E-state index contributed by atoms with van der Waals surface area (Å²) in [5.41, 5.74) is 1.01. The number of aryl methyl sites for hydroxylation is 2. The van der Waals surface area contributed by atoms with Crippen LogP contribution in [0.5, 0.6) is 0 Å². The topological polar surface area (TPSA) is 43.6 Å². The Morgan fingerprint density at radius 2 is 2.06 bits per heavy atom. The predicted molar refractivity (Wildman–Crippen MR) is 67.5 cm³/mol. The van der Waals surface area contributed by atoms with Crippen molar-refractivity contribution >= 4 is 34.8 Å². The Kier molecular flexibility index (Phi) is 4.20. The van der Waals surface area contributed by atoms with Crippen molar-refractivity contribution in [2.75, 3.05) is 0 Å². The molecule has 1 heterocycles. The normalized spacial score (nSPS) is 10.8. The second kappa shape index (κ2) is 5.67. The maximum absolute atomic E-state index is 6.07. The van der Waals surface area contributed by atoms with Crippen LogP contribution in [0.25, 0.3) is 0 Å². The van der Waals surface area contributed by atoms with E-state index in [0.717, 1.165) is 12.0 Å². The third kappa shape index (κ3) is 3.09. The van der Waals surface area contributed by atoms with Crippen molar-refractivity contribution in [2.45, 2.75) is 18.8 Å². The van der Waals surface area contributed by atoms with Gasteiger partial charge in [0, 0.05) is 16.6 Å². The maximum Gasteiger partial charge on any atom is 0.166 e. The lowest BCUT2D eigenvalue weighted by molar-refractivity contribution is 0.573. The van der Waals surface area contributed by atoms with Crippen molar-refractivity contribution in [3.05, 3.63) is 39.6 Å². The lowest BCUT2D eigenvalue weighted by Crippen LogP contribution is -2.07. The SMILES string of the molecule is ClCc1nnnn1CCc1ccc(Cl)cc1Cl. The van der Waals surface area contributed by atoms with Gasteiger partial charge in [0.05, 0.1) is 5.88 Å². The first-order chi connectivity index (χ1) is 8.20. The summed E-state index contributed by atoms with van der Waals surface area (Å²) in [7, 11) is 0. The van der Waals surface area contributed by atoms with Gasteiger partial charge in [-0.2, -0.15) is 0 Å². The minimum absolute atomic E-state index is 0.293. The van der Waals surface area contributed by atoms with Crippen LogP contribution in [0.3, 0.4) is 0 Å². The molecular formula is C10H9Cl3N4. The fraction of sp³-hybridized carbons (Fsp3) is 0.300. The van der Waals surface area contributed by atoms with Gasteiger partial charge >= 0.3 is 0 Å². The Labute approximate surface area is 113 Å². The fourth-order valence-electron chi connectivity index (χ4n) is 1.44. The van der Waals surface area contributed by atoms with Crippen LogP contribution in [0.4, 0.5) is 0 Å². The Morgan fingerprint density at radius 3 is 2.76 bits per heavy atom. The number of aromatic nitrogens is 4. The van der Waals surface area contributed by atoms with E-state index >= 15 is 0 Å². The Balaban J connectivity index is 2.07. The summed E-state index contributed by atoms with van der Waals surface area (Å²) in [5, 5.41) is 12.5. The number of nitrogens with zero attached hydrogens (tertiary/aromatic N) is 4. The van der Waals surface area contributed by atoms with Crippen molar-refractivity contribution in [3.8, 4) is 0 Å². The molecule has 1 aromatic carbocycles. The molecule has 0 spiro atoms. The van der Waals surface area contributed by atoms with Gasteiger partial charge in [-0.1, -0.05) is 29.3 Å². The molecule has 0 N–H and O–H groups in total. The first-order valence-electron chi connectivity index (χ1n) is 4.95. The first-order valence-corrected chi connectivity index (χ1v) is 6.24. The van der Waals surface area contributed by atoms with E-state index in [9.17, 15) is 0 Å². The standard InChI is InChI=1S/C10H9Cl3N4/c11-6-10-14-15-16-17(10)4-3-7-1-2-8(12)5-9(7)13/h1-2,5H,3-4,6H2. The van der Waals surface area contributed by atoms with Gasteiger partial charge in [-0.05, 0) is 34.5 Å². The Bertz CT molecular complexity index is 512. The molecule has 0 bridgehead atoms. The Morgan fingerprint density at radius 1 is 1.24 bits per heavy atom. The van der Waals surface area contributed by atoms with Gasteiger partial charge < -0.3 is 0 Å². The summed E-state index contributed by atoms with van der Waals surface area (Å²) in [4.78, 5) is 0. The number of benzene rings is 1. The van der Waals surface area contributed by atoms with Gasteiger partial charge in [0.25, 0.3) is 0 Å². The van der Waals surface area contributed by atoms with E-state index in [1.165, 1.54) is 0 Å². The largest absolute Gasteiger partial charge is 0.228 e. The van der Waals surface area contributed by atoms with Crippen molar-refractivity contribution in [2.24, 2.45) is 0 Å². The first kappa shape index (κ1) is 12.6. The van der Waals surface area contributed by atoms with Gasteiger partial charge in [0.15, 0.2) is 5.82 Å². The molecule has 90 valence electrons. The average molecular weight is 292 g/mol. The fourth-order valence-corrected chi connectivity index (χ4v) is 2.14. The highest BCUT2D eigenvalue weighted by atomic mass is 35.5. The van der Waals surface area contributed by atoms with Crippen LogP contribution < -0.4 is 0 Å². The van der Waals surface area contributed by atoms with Crippen LogP contribution in [0.15, 0.2) is 18.2 Å². The van der Waals surface area contributed by atoms with E-state index in [0.29, 0.717) is 28.3 Å². The van der Waals surface area contributed by atoms with Crippen LogP contribution in [0.1, 0.15) is 11.4 Å². The summed E-state index contributed by atoms with van der Waals surface area (Å²) in [6.45, 7) is 0.635. The summed E-state index contributed by atoms with van der Waals surface area (Å²) < 4.78 is 1.66. The van der Waals surface area contributed by atoms with Crippen LogP contribution in [-0.2, 0) is 18.8 Å². The Hall–Kier alpha value is -0.840. The van der Waals surface area contributed by atoms with Crippen molar-refractivity contribution in [1.82, 2.24) is 20.2 Å². The number of hydrogen-bond acceptors (Lipinski definition) is 3. The molecule has 0 saturated heterocycles. The van der Waals surface area contributed by atoms with Crippen LogP contribution >= 0.6 is 34.8 Å². The second-order valence-corrected chi connectivity index (χ2v) is 4.55. The summed E-state index contributed by atoms with van der Waals surface area (Å²) >= 11 is 17.6. The molecule has 17 heavy (non-hydrogen) atoms. The lowest BCUT2D eigenvalue weighted by atomic mass is 10.1. The molecule has 4 nitrogen and oxygen atoms in total. The summed E-state index contributed by atoms with van der Waals surface area (Å²) in [6.07, 6.45) is 0.727. The van der Waals surface area contributed by atoms with Gasteiger partial charge in [-0.25, -0.2) is 4.68 Å². The zero-order chi connectivity index (χ0) is 12.3. The monoisotopic (exact) mass is 290 g/mol. The van der Waals surface area contributed by atoms with E-state index in [1.54, 1.807) is 10.7 Å². The number of tetrazole rings is 1. The molecule has 7 heteroatoms. The number of hydrogen-bond donors (Lipinski definition) is 0. The average Bonchev–Trinajstić information content (AvgIpc) is 2.75. The molecule has 0 fully saturated rings. The molecule has 0 radical (unpaired) electrons. The van der Waals surface area contributed by atoms with E-state index in [1.807, 2.05) is 12.1 Å². The molecule has 2 rings (SSSR count). The minimum Gasteiger partial charge on any atom is -0.228 e. The van der Waals surface area contributed by atoms with Crippen LogP contribution in [-0.4, -0.2) is 20.2 Å². The van der Waals surface area contributed by atoms with Gasteiger partial charge in [-0.15, -0.1) is 16.7 Å². The highest BCUT2D eigenvalue weighted by Gasteiger charge is 2.06. The summed E-state index contributed by atoms with van der Waals surface area (Å²) in [6, 6.07) is 5.43. The van der Waals surface area contributed by atoms with Crippen molar-refractivity contribution in [3.63, 3.8) is 0 Å². The zero-order valence-electron chi connectivity index (χ0n) is 8.78. The smallest absolute Gasteiger partial charge is 0.166 e. The van der Waals surface area contributed by atoms with Crippen molar-refractivity contribution < 1.29 is 0 Å². The van der Waals surface area contributed by atoms with Gasteiger partial charge in [0.1, 0.15) is 0 Å². The van der Waals surface area contributed by atoms with E-state index in [-0.39, 0.29) is 0 Å². The molecule has 1 aromatic heterocycles. The summed E-state index contributed by atoms with van der Waals surface area (Å²) in [5.74, 6) is 0.943. The third-order valence-corrected chi connectivity index (χ3v) is 3.16. The molecule has 2 aromatic rings. The maximum atomic E-state index is 6.07.